The first kappa shape index (κ1) is 80.3. The van der Waals surface area contributed by atoms with Crippen LogP contribution in [-0.2, 0) is 16.2 Å². The van der Waals surface area contributed by atoms with E-state index < -0.39 is 0 Å². The van der Waals surface area contributed by atoms with Crippen LogP contribution in [0.25, 0.3) is 215 Å². The van der Waals surface area contributed by atoms with Gasteiger partial charge in [0.05, 0.1) is 33.1 Å². The average Bonchev–Trinajstić information content (AvgIpc) is 1.61. The molecule has 12 saturated carbocycles. The maximum Gasteiger partial charge on any atom is 0.136 e. The number of aromatic nitrogens is 3. The number of hydrogen-bond donors (Lipinski definition) is 0. The summed E-state index contributed by atoms with van der Waals surface area (Å²) >= 11 is 0. The number of furan rings is 3. The number of fused-ring (bicyclic) bond motifs is 27. The van der Waals surface area contributed by atoms with Crippen molar-refractivity contribution >= 4 is 131 Å². The second-order valence-corrected chi connectivity index (χ2v) is 46.0. The van der Waals surface area contributed by atoms with E-state index in [0.717, 1.165) is 105 Å². The molecule has 0 radical (unpaired) electrons. The quantitative estimate of drug-likeness (QED) is 0.167. The monoisotopic (exact) mass is 1850 g/mol. The highest BCUT2D eigenvalue weighted by atomic mass is 16.3. The standard InChI is InChI=1S/3C46H35NO/c1-4-12-39-34(8-1)35-19-17-32(26-40(35)46(39)30-21-27-20-28(23-30)24-31(46)22-27)47-41-13-5-2-10-38(41)45-33(11-7-14-42(45)47)29-16-18-37-36-9-3-6-15-43(36)48-44(37)25-29;1-4-12-39-34(8-1)35-18-17-32(26-40(35)46(39)30-21-27-20-28(23-30)24-31(46)22-27)47-41-13-5-2-9-36(41)38-25-29(16-19-42(38)47)33-11-7-15-44-45(33)37-10-3-6-14-43(37)48-44;1-4-10-40-34(7-1)35-17-15-33(26-41(35)46(40)31-20-27-19-28(22-31)23-32(46)21-27)47-42-11-5-2-8-36(42)39-24-29(14-18-43(39)47)30-13-16-38-37-9-3-6-12-44(37)48-45(38)25-30/h2*1-19,25-28,30-31H,20-24H2;1-18,24-28,31-32H,19-23H2. The summed E-state index contributed by atoms with van der Waals surface area (Å²) in [5.41, 5.74) is 43.4. The highest BCUT2D eigenvalue weighted by molar-refractivity contribution is 6.19. The van der Waals surface area contributed by atoms with Crippen molar-refractivity contribution in [3.8, 4) is 83.8 Å². The van der Waals surface area contributed by atoms with E-state index in [4.69, 9.17) is 13.3 Å². The molecule has 0 N–H and O–H groups in total. The Kier molecular flexibility index (Phi) is 16.5. The molecular weight excluding hydrogens is 1750 g/mol. The van der Waals surface area contributed by atoms with E-state index in [9.17, 15) is 0 Å². The third-order valence-corrected chi connectivity index (χ3v) is 39.5. The van der Waals surface area contributed by atoms with Crippen molar-refractivity contribution in [2.45, 2.75) is 113 Å². The van der Waals surface area contributed by atoms with Crippen LogP contribution in [-0.4, -0.2) is 13.7 Å². The predicted octanol–water partition coefficient (Wildman–Crippen LogP) is 36.2. The van der Waals surface area contributed by atoms with Gasteiger partial charge < -0.3 is 27.0 Å². The van der Waals surface area contributed by atoms with E-state index in [0.29, 0.717) is 0 Å². The molecule has 15 aliphatic rings. The largest absolute Gasteiger partial charge is 0.456 e. The third kappa shape index (κ3) is 10.8. The normalized spacial score (nSPS) is 25.2. The van der Waals surface area contributed by atoms with Crippen LogP contribution in [0.5, 0.6) is 0 Å². The van der Waals surface area contributed by atoms with E-state index in [1.54, 1.807) is 33.4 Å². The smallest absolute Gasteiger partial charge is 0.136 e. The first-order valence-electron chi connectivity index (χ1n) is 53.8. The van der Waals surface area contributed by atoms with Gasteiger partial charge >= 0.3 is 0 Å². The van der Waals surface area contributed by atoms with E-state index >= 15 is 0 Å². The van der Waals surface area contributed by atoms with Crippen LogP contribution >= 0.6 is 0 Å². The Bertz CT molecular complexity index is 9610. The van der Waals surface area contributed by atoms with Crippen molar-refractivity contribution in [1.29, 1.82) is 0 Å². The predicted molar refractivity (Wildman–Crippen MR) is 590 cm³/mol. The first-order chi connectivity index (χ1) is 71.2. The van der Waals surface area contributed by atoms with E-state index in [1.165, 1.54) is 278 Å². The van der Waals surface area contributed by atoms with E-state index in [-0.39, 0.29) is 16.2 Å². The fraction of sp³-hybridized carbons (Fsp3) is 0.217. The summed E-state index contributed by atoms with van der Waals surface area (Å²) in [6, 6.07) is 144. The molecule has 690 valence electrons. The molecule has 6 heterocycles. The van der Waals surface area contributed by atoms with Gasteiger partial charge in [-0.25, -0.2) is 0 Å². The van der Waals surface area contributed by atoms with Crippen molar-refractivity contribution in [3.63, 3.8) is 0 Å². The highest BCUT2D eigenvalue weighted by Crippen LogP contribution is 2.74. The fourth-order valence-electron chi connectivity index (χ4n) is 35.0. The molecule has 24 aromatic rings. The molecule has 39 rings (SSSR count). The van der Waals surface area contributed by atoms with Crippen LogP contribution < -0.4 is 0 Å². The van der Waals surface area contributed by atoms with Gasteiger partial charge in [-0.15, -0.1) is 0 Å². The number of hydrogen-bond acceptors (Lipinski definition) is 3. The molecule has 0 aliphatic heterocycles. The number of benzene rings is 18. The molecule has 12 bridgehead atoms. The van der Waals surface area contributed by atoms with Crippen LogP contribution in [0.15, 0.2) is 395 Å². The summed E-state index contributed by atoms with van der Waals surface area (Å²) in [4.78, 5) is 0. The molecular formula is C138H105N3O3. The van der Waals surface area contributed by atoms with Gasteiger partial charge in [-0.1, -0.05) is 249 Å². The summed E-state index contributed by atoms with van der Waals surface area (Å²) in [5, 5.41) is 14.8. The van der Waals surface area contributed by atoms with Crippen molar-refractivity contribution < 1.29 is 13.3 Å². The van der Waals surface area contributed by atoms with Gasteiger partial charge in [0, 0.05) is 97.9 Å². The van der Waals surface area contributed by atoms with Crippen LogP contribution in [0.1, 0.15) is 130 Å². The minimum absolute atomic E-state index is 0.154. The van der Waals surface area contributed by atoms with Crippen molar-refractivity contribution in [2.75, 3.05) is 0 Å². The minimum atomic E-state index is 0.154. The lowest BCUT2D eigenvalue weighted by molar-refractivity contribution is -0.0399. The zero-order chi connectivity index (χ0) is 93.4. The third-order valence-electron chi connectivity index (χ3n) is 39.5. The molecule has 144 heavy (non-hydrogen) atoms. The van der Waals surface area contributed by atoms with Crippen LogP contribution in [0.3, 0.4) is 0 Å². The minimum Gasteiger partial charge on any atom is -0.456 e. The molecule has 15 aliphatic carbocycles. The second kappa shape index (κ2) is 29.5. The van der Waals surface area contributed by atoms with Gasteiger partial charge in [0.1, 0.15) is 33.5 Å². The van der Waals surface area contributed by atoms with Crippen LogP contribution in [0.2, 0.25) is 0 Å². The lowest BCUT2D eigenvalue weighted by Gasteiger charge is -2.61. The Morgan fingerprint density at radius 1 is 0.167 bits per heavy atom. The van der Waals surface area contributed by atoms with Crippen LogP contribution in [0, 0.1) is 71.0 Å². The zero-order valence-corrected chi connectivity index (χ0v) is 80.5. The van der Waals surface area contributed by atoms with Gasteiger partial charge in [-0.3, -0.25) is 0 Å². The van der Waals surface area contributed by atoms with Crippen molar-refractivity contribution in [3.05, 3.63) is 416 Å². The maximum absolute atomic E-state index is 6.35. The van der Waals surface area contributed by atoms with Crippen molar-refractivity contribution in [1.82, 2.24) is 13.7 Å². The molecule has 0 unspecified atom stereocenters. The summed E-state index contributed by atoms with van der Waals surface area (Å²) in [6.07, 6.45) is 21.3. The number of rotatable bonds is 6. The summed E-state index contributed by atoms with van der Waals surface area (Å²) in [5.74, 6) is 10.2. The van der Waals surface area contributed by atoms with E-state index in [1.807, 2.05) is 18.2 Å². The van der Waals surface area contributed by atoms with Gasteiger partial charge in [-0.05, 0) is 401 Å². The SMILES string of the molecule is c1ccc2c(c1)-c1ccc(-n3c4ccccc4c4c(-c5ccc6c(c5)oc5ccccc56)cccc43)cc1C21C2CC3CC(C2)CC1C3.c1ccc2c(c1)-c1ccc(-n3c4ccccc4c4cc(-c5ccc6c(c5)oc5ccccc56)ccc43)cc1C21C2CC3CC(C2)CC1C3.c1ccc2c(c1)-c1ccc(-n3c4ccccc4c4cc(-c5cccc6oc7ccccc7c56)ccc43)cc1C21C2CC3CC(C2)CC1C3. The molecule has 0 saturated heterocycles. The maximum atomic E-state index is 6.35. The molecule has 6 aromatic heterocycles. The molecule has 0 amide bonds. The molecule has 18 aromatic carbocycles. The molecule has 6 heteroatoms. The number of nitrogens with zero attached hydrogens (tertiary/aromatic N) is 3. The topological polar surface area (TPSA) is 54.2 Å². The van der Waals surface area contributed by atoms with Gasteiger partial charge in [0.15, 0.2) is 0 Å². The van der Waals surface area contributed by atoms with E-state index in [2.05, 4.69) is 378 Å². The lowest BCUT2D eigenvalue weighted by atomic mass is 9.43. The van der Waals surface area contributed by atoms with Gasteiger partial charge in [0.25, 0.3) is 0 Å². The number of para-hydroxylation sites is 6. The summed E-state index contributed by atoms with van der Waals surface area (Å²) in [7, 11) is 0. The van der Waals surface area contributed by atoms with Gasteiger partial charge in [0.2, 0.25) is 0 Å². The second-order valence-electron chi connectivity index (χ2n) is 46.0. The van der Waals surface area contributed by atoms with Crippen molar-refractivity contribution in [2.24, 2.45) is 71.0 Å². The molecule has 12 fully saturated rings. The first-order valence-corrected chi connectivity index (χ1v) is 53.8. The Labute approximate surface area is 835 Å². The Morgan fingerprint density at radius 2 is 0.451 bits per heavy atom. The Balaban J connectivity index is 0.0000000932. The van der Waals surface area contributed by atoms with Gasteiger partial charge in [-0.2, -0.15) is 0 Å². The fourth-order valence-corrected chi connectivity index (χ4v) is 35.0. The average molecular weight is 1850 g/mol. The zero-order valence-electron chi connectivity index (χ0n) is 80.5. The van der Waals surface area contributed by atoms with Crippen LogP contribution in [0.4, 0.5) is 0 Å². The Morgan fingerprint density at radius 3 is 0.917 bits per heavy atom. The highest BCUT2D eigenvalue weighted by Gasteiger charge is 2.65. The molecule has 0 atom stereocenters. The Hall–Kier alpha value is -15.2. The summed E-state index contributed by atoms with van der Waals surface area (Å²) in [6.45, 7) is 0. The lowest BCUT2D eigenvalue weighted by Crippen LogP contribution is -2.55. The molecule has 6 nitrogen and oxygen atoms in total. The molecule has 3 spiro atoms. The summed E-state index contributed by atoms with van der Waals surface area (Å²) < 4.78 is 26.5.